The summed E-state index contributed by atoms with van der Waals surface area (Å²) in [4.78, 5) is 2.06. The Morgan fingerprint density at radius 1 is 1.20 bits per heavy atom. The first-order valence-corrected chi connectivity index (χ1v) is 6.59. The first-order valence-electron chi connectivity index (χ1n) is 6.59. The summed E-state index contributed by atoms with van der Waals surface area (Å²) in [5.74, 6) is -0.693. The lowest BCUT2D eigenvalue weighted by molar-refractivity contribution is 0.623. The summed E-state index contributed by atoms with van der Waals surface area (Å²) >= 11 is 0. The Morgan fingerprint density at radius 2 is 1.90 bits per heavy atom. The Kier molecular flexibility index (Phi) is 2.93. The summed E-state index contributed by atoms with van der Waals surface area (Å²) in [6, 6.07) is 13.1. The highest BCUT2D eigenvalue weighted by Gasteiger charge is 2.29. The van der Waals surface area contributed by atoms with Gasteiger partial charge in [-0.1, -0.05) is 24.3 Å². The molecule has 3 N–H and O–H groups in total. The zero-order valence-corrected chi connectivity index (χ0v) is 11.2. The largest absolute Gasteiger partial charge is 0.384 e. The molecule has 4 heteroatoms. The van der Waals surface area contributed by atoms with Gasteiger partial charge in [-0.3, -0.25) is 5.41 Å². The zero-order valence-electron chi connectivity index (χ0n) is 11.2. The van der Waals surface area contributed by atoms with Crippen LogP contribution in [0, 0.1) is 11.2 Å². The molecule has 102 valence electrons. The van der Waals surface area contributed by atoms with Crippen molar-refractivity contribution < 1.29 is 4.39 Å². The van der Waals surface area contributed by atoms with Crippen molar-refractivity contribution in [3.05, 3.63) is 59.4 Å². The third kappa shape index (κ3) is 1.84. The molecule has 0 aliphatic carbocycles. The highest BCUT2D eigenvalue weighted by atomic mass is 19.1. The van der Waals surface area contributed by atoms with Crippen molar-refractivity contribution in [3.63, 3.8) is 0 Å². The van der Waals surface area contributed by atoms with Crippen LogP contribution in [0.4, 0.5) is 15.8 Å². The van der Waals surface area contributed by atoms with Crippen LogP contribution in [0.1, 0.15) is 18.1 Å². The molecule has 0 radical (unpaired) electrons. The number of fused-ring (bicyclic) bond motifs is 1. The van der Waals surface area contributed by atoms with E-state index in [1.807, 2.05) is 24.3 Å². The standard InChI is InChI=1S/C16H16FN3/c1-10-9-11-5-2-3-7-13(11)20(10)14-8-4-6-12(17)15(14)16(18)19/h2-8,10H,9H2,1H3,(H3,18,19). The van der Waals surface area contributed by atoms with Crippen LogP contribution in [0.2, 0.25) is 0 Å². The monoisotopic (exact) mass is 269 g/mol. The van der Waals surface area contributed by atoms with Crippen LogP contribution in [-0.2, 0) is 6.42 Å². The summed E-state index contributed by atoms with van der Waals surface area (Å²) in [6.07, 6.45) is 0.907. The maximum Gasteiger partial charge on any atom is 0.136 e. The number of rotatable bonds is 2. The summed E-state index contributed by atoms with van der Waals surface area (Å²) < 4.78 is 14.0. The van der Waals surface area contributed by atoms with Gasteiger partial charge in [0.05, 0.1) is 11.3 Å². The second kappa shape index (κ2) is 4.63. The fourth-order valence-corrected chi connectivity index (χ4v) is 2.91. The van der Waals surface area contributed by atoms with Crippen molar-refractivity contribution in [2.45, 2.75) is 19.4 Å². The molecule has 0 bridgehead atoms. The minimum absolute atomic E-state index is 0.177. The van der Waals surface area contributed by atoms with Gasteiger partial charge < -0.3 is 10.6 Å². The Balaban J connectivity index is 2.20. The Bertz CT molecular complexity index is 681. The molecule has 1 aliphatic rings. The lowest BCUT2D eigenvalue weighted by atomic mass is 10.1. The molecule has 1 heterocycles. The third-order valence-corrected chi connectivity index (χ3v) is 3.73. The molecule has 0 aromatic heterocycles. The first-order chi connectivity index (χ1) is 9.59. The van der Waals surface area contributed by atoms with Crippen molar-refractivity contribution in [2.24, 2.45) is 5.73 Å². The number of hydrogen-bond acceptors (Lipinski definition) is 2. The summed E-state index contributed by atoms with van der Waals surface area (Å²) in [7, 11) is 0. The molecule has 1 atom stereocenters. The SMILES string of the molecule is CC1Cc2ccccc2N1c1cccc(F)c1C(=N)N. The molecule has 2 aromatic carbocycles. The highest BCUT2D eigenvalue weighted by molar-refractivity contribution is 6.02. The summed E-state index contributed by atoms with van der Waals surface area (Å²) in [5.41, 5.74) is 8.70. The minimum Gasteiger partial charge on any atom is -0.384 e. The fourth-order valence-electron chi connectivity index (χ4n) is 2.91. The molecule has 0 saturated heterocycles. The van der Waals surface area contributed by atoms with E-state index >= 15 is 0 Å². The quantitative estimate of drug-likeness (QED) is 0.650. The van der Waals surface area contributed by atoms with Gasteiger partial charge in [-0.25, -0.2) is 4.39 Å². The number of nitrogens with one attached hydrogen (secondary N) is 1. The van der Waals surface area contributed by atoms with Gasteiger partial charge in [-0.2, -0.15) is 0 Å². The van der Waals surface area contributed by atoms with Gasteiger partial charge >= 0.3 is 0 Å². The van der Waals surface area contributed by atoms with Crippen LogP contribution >= 0.6 is 0 Å². The predicted molar refractivity (Wildman–Crippen MR) is 79.2 cm³/mol. The van der Waals surface area contributed by atoms with Gasteiger partial charge in [-0.15, -0.1) is 0 Å². The number of nitrogens with two attached hydrogens (primary N) is 1. The lowest BCUT2D eigenvalue weighted by Gasteiger charge is -2.27. The van der Waals surface area contributed by atoms with E-state index in [0.29, 0.717) is 5.69 Å². The van der Waals surface area contributed by atoms with E-state index in [0.717, 1.165) is 12.1 Å². The van der Waals surface area contributed by atoms with Crippen molar-refractivity contribution >= 4 is 17.2 Å². The van der Waals surface area contributed by atoms with Crippen molar-refractivity contribution in [2.75, 3.05) is 4.90 Å². The second-order valence-corrected chi connectivity index (χ2v) is 5.10. The van der Waals surface area contributed by atoms with Gasteiger partial charge in [0.1, 0.15) is 11.7 Å². The number of nitrogen functional groups attached to an aromatic ring is 1. The van der Waals surface area contributed by atoms with Crippen LogP contribution in [0.5, 0.6) is 0 Å². The molecule has 0 saturated carbocycles. The molecular weight excluding hydrogens is 253 g/mol. The fraction of sp³-hybridized carbons (Fsp3) is 0.188. The van der Waals surface area contributed by atoms with Crippen molar-refractivity contribution in [1.29, 1.82) is 5.41 Å². The van der Waals surface area contributed by atoms with Gasteiger partial charge in [0, 0.05) is 11.7 Å². The maximum absolute atomic E-state index is 14.0. The van der Waals surface area contributed by atoms with Crippen LogP contribution in [0.15, 0.2) is 42.5 Å². The van der Waals surface area contributed by atoms with Crippen molar-refractivity contribution in [3.8, 4) is 0 Å². The predicted octanol–water partition coefficient (Wildman–Crippen LogP) is 3.19. The normalized spacial score (nSPS) is 17.1. The van der Waals surface area contributed by atoms with Gasteiger partial charge in [0.25, 0.3) is 0 Å². The van der Waals surface area contributed by atoms with Gasteiger partial charge in [0.15, 0.2) is 0 Å². The molecule has 0 fully saturated rings. The van der Waals surface area contributed by atoms with E-state index in [-0.39, 0.29) is 17.4 Å². The van der Waals surface area contributed by atoms with Crippen LogP contribution < -0.4 is 10.6 Å². The van der Waals surface area contributed by atoms with Crippen LogP contribution in [-0.4, -0.2) is 11.9 Å². The van der Waals surface area contributed by atoms with Crippen LogP contribution in [0.25, 0.3) is 0 Å². The molecular formula is C16H16FN3. The highest BCUT2D eigenvalue weighted by Crippen LogP contribution is 2.39. The van der Waals surface area contributed by atoms with E-state index in [4.69, 9.17) is 11.1 Å². The third-order valence-electron chi connectivity index (χ3n) is 3.73. The number of amidine groups is 1. The number of halogens is 1. The van der Waals surface area contributed by atoms with E-state index in [1.54, 1.807) is 6.07 Å². The summed E-state index contributed by atoms with van der Waals surface area (Å²) in [6.45, 7) is 2.09. The lowest BCUT2D eigenvalue weighted by Crippen LogP contribution is -2.27. The summed E-state index contributed by atoms with van der Waals surface area (Å²) in [5, 5.41) is 7.64. The number of para-hydroxylation sites is 1. The molecule has 0 amide bonds. The molecule has 2 aromatic rings. The van der Waals surface area contributed by atoms with Gasteiger partial charge in [-0.05, 0) is 37.1 Å². The second-order valence-electron chi connectivity index (χ2n) is 5.10. The topological polar surface area (TPSA) is 53.1 Å². The number of benzene rings is 2. The van der Waals surface area contributed by atoms with Crippen molar-refractivity contribution in [1.82, 2.24) is 0 Å². The first kappa shape index (κ1) is 12.7. The maximum atomic E-state index is 14.0. The zero-order chi connectivity index (χ0) is 14.3. The minimum atomic E-state index is -0.452. The molecule has 20 heavy (non-hydrogen) atoms. The smallest absolute Gasteiger partial charge is 0.136 e. The van der Waals surface area contributed by atoms with E-state index < -0.39 is 5.82 Å². The Hall–Kier alpha value is -2.36. The molecule has 0 spiro atoms. The average Bonchev–Trinajstić information content (AvgIpc) is 2.73. The van der Waals surface area contributed by atoms with Crippen LogP contribution in [0.3, 0.4) is 0 Å². The van der Waals surface area contributed by atoms with Gasteiger partial charge in [0.2, 0.25) is 0 Å². The number of anilines is 2. The molecule has 3 nitrogen and oxygen atoms in total. The van der Waals surface area contributed by atoms with E-state index in [2.05, 4.69) is 17.9 Å². The molecule has 3 rings (SSSR count). The molecule has 1 aliphatic heterocycles. The average molecular weight is 269 g/mol. The number of hydrogen-bond donors (Lipinski definition) is 2. The molecule has 1 unspecified atom stereocenters. The van der Waals surface area contributed by atoms with E-state index in [1.165, 1.54) is 11.6 Å². The Morgan fingerprint density at radius 3 is 2.65 bits per heavy atom. The van der Waals surface area contributed by atoms with E-state index in [9.17, 15) is 4.39 Å². The Labute approximate surface area is 117 Å². The number of nitrogens with zero attached hydrogens (tertiary/aromatic N) is 1.